The van der Waals surface area contributed by atoms with Crippen LogP contribution in [0.1, 0.15) is 18.4 Å². The van der Waals surface area contributed by atoms with Gasteiger partial charge in [0.25, 0.3) is 0 Å². The van der Waals surface area contributed by atoms with Gasteiger partial charge in [-0.25, -0.2) is 19.3 Å². The molecule has 1 saturated carbocycles. The Hall–Kier alpha value is -3.20. The summed E-state index contributed by atoms with van der Waals surface area (Å²) < 4.78 is 13.2. The molecule has 0 spiro atoms. The second kappa shape index (κ2) is 7.24. The van der Waals surface area contributed by atoms with E-state index < -0.39 is 5.82 Å². The van der Waals surface area contributed by atoms with Crippen LogP contribution in [0.5, 0.6) is 0 Å². The van der Waals surface area contributed by atoms with Gasteiger partial charge in [-0.2, -0.15) is 0 Å². The Labute approximate surface area is 176 Å². The molecular weight excluding hydrogens is 409 g/mol. The van der Waals surface area contributed by atoms with Gasteiger partial charge in [-0.05, 0) is 43.4 Å². The van der Waals surface area contributed by atoms with Crippen molar-refractivity contribution < 1.29 is 9.18 Å². The average molecular weight is 426 g/mol. The summed E-state index contributed by atoms with van der Waals surface area (Å²) in [6.45, 7) is 1.91. The number of nitrogens with one attached hydrogen (secondary N) is 1. The Morgan fingerprint density at radius 2 is 1.97 bits per heavy atom. The van der Waals surface area contributed by atoms with Crippen LogP contribution in [0.2, 0.25) is 5.15 Å². The topological polar surface area (TPSA) is 96.8 Å². The lowest BCUT2D eigenvalue weighted by atomic mass is 10.1. The van der Waals surface area contributed by atoms with Gasteiger partial charge in [0.2, 0.25) is 11.9 Å². The summed E-state index contributed by atoms with van der Waals surface area (Å²) in [5.74, 6) is 0.625. The molecule has 0 unspecified atom stereocenters. The van der Waals surface area contributed by atoms with Crippen molar-refractivity contribution in [3.05, 3.63) is 53.3 Å². The van der Waals surface area contributed by atoms with Crippen LogP contribution < -0.4 is 10.2 Å². The number of nitrogens with zero attached hydrogens (tertiary/aromatic N) is 6. The zero-order chi connectivity index (χ0) is 20.8. The predicted octanol–water partition coefficient (Wildman–Crippen LogP) is 3.04. The molecule has 8 nitrogen and oxygen atoms in total. The van der Waals surface area contributed by atoms with Gasteiger partial charge in [-0.1, -0.05) is 17.7 Å². The van der Waals surface area contributed by atoms with Gasteiger partial charge in [-0.15, -0.1) is 10.2 Å². The van der Waals surface area contributed by atoms with E-state index in [0.717, 1.165) is 36.4 Å². The first kappa shape index (κ1) is 18.8. The number of halogens is 2. The SMILES string of the molecule is Cc1ccc(NC(=O)[C@@H]2C[C@H]3C[C@H]3N2c2ncc(Cl)nn2)cc1-c1ncc(F)cn1. The highest BCUT2D eigenvalue weighted by atomic mass is 35.5. The molecule has 1 aliphatic carbocycles. The lowest BCUT2D eigenvalue weighted by Crippen LogP contribution is -2.43. The summed E-state index contributed by atoms with van der Waals surface area (Å²) in [7, 11) is 0. The summed E-state index contributed by atoms with van der Waals surface area (Å²) in [5.41, 5.74) is 2.26. The highest BCUT2D eigenvalue weighted by Gasteiger charge is 2.55. The number of aromatic nitrogens is 5. The van der Waals surface area contributed by atoms with Crippen molar-refractivity contribution in [2.24, 2.45) is 5.92 Å². The van der Waals surface area contributed by atoms with Crippen LogP contribution in [0.15, 0.2) is 36.8 Å². The minimum Gasteiger partial charge on any atom is -0.324 e. The van der Waals surface area contributed by atoms with E-state index in [1.165, 1.54) is 6.20 Å². The number of carbonyl (C=O) groups is 1. The summed E-state index contributed by atoms with van der Waals surface area (Å²) in [4.78, 5) is 27.3. The van der Waals surface area contributed by atoms with Gasteiger partial charge >= 0.3 is 0 Å². The Bertz CT molecular complexity index is 1110. The van der Waals surface area contributed by atoms with Gasteiger partial charge in [0, 0.05) is 17.3 Å². The number of benzene rings is 1. The lowest BCUT2D eigenvalue weighted by Gasteiger charge is -2.26. The van der Waals surface area contributed by atoms with Crippen LogP contribution in [0.4, 0.5) is 16.0 Å². The monoisotopic (exact) mass is 425 g/mol. The molecule has 152 valence electrons. The Balaban J connectivity index is 1.38. The zero-order valence-corrected chi connectivity index (χ0v) is 16.7. The summed E-state index contributed by atoms with van der Waals surface area (Å²) in [5, 5.41) is 11.1. The van der Waals surface area contributed by atoms with E-state index in [1.54, 1.807) is 6.07 Å². The normalized spacial score (nSPS) is 22.0. The van der Waals surface area contributed by atoms with E-state index in [1.807, 2.05) is 24.0 Å². The van der Waals surface area contributed by atoms with E-state index >= 15 is 0 Å². The third kappa shape index (κ3) is 3.45. The van der Waals surface area contributed by atoms with E-state index in [-0.39, 0.29) is 23.1 Å². The summed E-state index contributed by atoms with van der Waals surface area (Å²) in [6, 6.07) is 5.35. The fraction of sp³-hybridized carbons (Fsp3) is 0.300. The van der Waals surface area contributed by atoms with Crippen LogP contribution in [-0.4, -0.2) is 43.1 Å². The fourth-order valence-electron chi connectivity index (χ4n) is 3.97. The third-order valence-electron chi connectivity index (χ3n) is 5.53. The largest absolute Gasteiger partial charge is 0.324 e. The molecule has 3 atom stereocenters. The average Bonchev–Trinajstić information content (AvgIpc) is 3.41. The first-order valence-corrected chi connectivity index (χ1v) is 9.90. The molecule has 0 bridgehead atoms. The van der Waals surface area contributed by atoms with Crippen molar-refractivity contribution >= 4 is 29.1 Å². The predicted molar refractivity (Wildman–Crippen MR) is 108 cm³/mol. The molecule has 1 N–H and O–H groups in total. The van der Waals surface area contributed by atoms with Crippen molar-refractivity contribution in [2.45, 2.75) is 31.8 Å². The van der Waals surface area contributed by atoms with Gasteiger partial charge in [0.15, 0.2) is 16.8 Å². The smallest absolute Gasteiger partial charge is 0.247 e. The van der Waals surface area contributed by atoms with E-state index in [9.17, 15) is 9.18 Å². The Morgan fingerprint density at radius 1 is 1.17 bits per heavy atom. The lowest BCUT2D eigenvalue weighted by molar-refractivity contribution is -0.117. The van der Waals surface area contributed by atoms with Gasteiger partial charge < -0.3 is 10.2 Å². The van der Waals surface area contributed by atoms with Crippen molar-refractivity contribution in [3.8, 4) is 11.4 Å². The number of hydrogen-bond donors (Lipinski definition) is 1. The molecule has 5 rings (SSSR count). The van der Waals surface area contributed by atoms with Gasteiger partial charge in [-0.3, -0.25) is 4.79 Å². The molecule has 3 aromatic rings. The molecule has 2 aliphatic rings. The molecule has 1 aromatic carbocycles. The molecule has 0 radical (unpaired) electrons. The third-order valence-corrected chi connectivity index (χ3v) is 5.70. The van der Waals surface area contributed by atoms with Crippen molar-refractivity contribution in [1.29, 1.82) is 0 Å². The maximum absolute atomic E-state index is 13.2. The second-order valence-corrected chi connectivity index (χ2v) is 7.93. The summed E-state index contributed by atoms with van der Waals surface area (Å²) in [6.07, 6.45) is 5.43. The molecular formula is C20H17ClFN7O. The molecule has 2 fully saturated rings. The van der Waals surface area contributed by atoms with E-state index in [4.69, 9.17) is 11.6 Å². The number of aryl methyl sites for hydroxylation is 1. The number of carbonyl (C=O) groups excluding carboxylic acids is 1. The number of anilines is 2. The number of piperidine rings is 1. The van der Waals surface area contributed by atoms with Crippen LogP contribution in [-0.2, 0) is 4.79 Å². The van der Waals surface area contributed by atoms with Gasteiger partial charge in [0.05, 0.1) is 18.6 Å². The highest BCUT2D eigenvalue weighted by molar-refractivity contribution is 6.29. The molecule has 1 aliphatic heterocycles. The van der Waals surface area contributed by atoms with Crippen molar-refractivity contribution in [2.75, 3.05) is 10.2 Å². The highest BCUT2D eigenvalue weighted by Crippen LogP contribution is 2.49. The maximum atomic E-state index is 13.2. The number of rotatable bonds is 4. The maximum Gasteiger partial charge on any atom is 0.247 e. The van der Waals surface area contributed by atoms with E-state index in [0.29, 0.717) is 23.4 Å². The van der Waals surface area contributed by atoms with Crippen LogP contribution in [0.3, 0.4) is 0 Å². The first-order chi connectivity index (χ1) is 14.5. The summed E-state index contributed by atoms with van der Waals surface area (Å²) >= 11 is 5.79. The zero-order valence-electron chi connectivity index (χ0n) is 16.0. The fourth-order valence-corrected chi connectivity index (χ4v) is 4.06. The number of amides is 1. The van der Waals surface area contributed by atoms with Crippen molar-refractivity contribution in [1.82, 2.24) is 25.1 Å². The molecule has 30 heavy (non-hydrogen) atoms. The van der Waals surface area contributed by atoms with Crippen LogP contribution >= 0.6 is 11.6 Å². The molecule has 10 heteroatoms. The van der Waals surface area contributed by atoms with E-state index in [2.05, 4.69) is 30.5 Å². The van der Waals surface area contributed by atoms with Crippen LogP contribution in [0, 0.1) is 18.7 Å². The molecule has 2 aromatic heterocycles. The first-order valence-electron chi connectivity index (χ1n) is 9.52. The van der Waals surface area contributed by atoms with Crippen molar-refractivity contribution in [3.63, 3.8) is 0 Å². The quantitative estimate of drug-likeness (QED) is 0.686. The van der Waals surface area contributed by atoms with Crippen LogP contribution in [0.25, 0.3) is 11.4 Å². The van der Waals surface area contributed by atoms with Gasteiger partial charge in [0.1, 0.15) is 6.04 Å². The molecule has 1 amide bonds. The number of fused-ring (bicyclic) bond motifs is 1. The Kier molecular flexibility index (Phi) is 4.54. The minimum atomic E-state index is -0.500. The Morgan fingerprint density at radius 3 is 2.70 bits per heavy atom. The molecule has 3 heterocycles. The number of hydrogen-bond acceptors (Lipinski definition) is 7. The molecule has 1 saturated heterocycles. The minimum absolute atomic E-state index is 0.143. The standard InChI is InChI=1S/C20H17ClFN7O/c1-10-2-3-13(6-14(10)18-23-7-12(22)8-24-18)26-19(30)16-5-11-4-15(11)29(16)20-25-9-17(21)27-28-20/h2-3,6-9,11,15-16H,4-5H2,1H3,(H,26,30)/t11-,15-,16+/m1/s1. The second-order valence-electron chi connectivity index (χ2n) is 7.55.